The minimum Gasteiger partial charge on any atom is -0.399 e. The van der Waals surface area contributed by atoms with E-state index in [4.69, 9.17) is 5.73 Å². The standard InChI is InChI=1S/C18H14FN3O2/c19-14-7-4-12(5-8-14)13-6-9-17(18(10-13)22(23)24)21-16-3-1-2-15(20)11-16/h1-11,21H,20H2. The van der Waals surface area contributed by atoms with Crippen LogP contribution in [0.15, 0.2) is 66.7 Å². The number of anilines is 3. The number of halogens is 1. The Labute approximate surface area is 137 Å². The van der Waals surface area contributed by atoms with Crippen molar-refractivity contribution in [3.05, 3.63) is 82.7 Å². The Bertz CT molecular complexity index is 895. The molecule has 0 amide bonds. The van der Waals surface area contributed by atoms with E-state index >= 15 is 0 Å². The number of nitro benzene ring substituents is 1. The zero-order valence-corrected chi connectivity index (χ0v) is 12.6. The van der Waals surface area contributed by atoms with Crippen molar-refractivity contribution in [2.24, 2.45) is 0 Å². The van der Waals surface area contributed by atoms with E-state index in [1.807, 2.05) is 0 Å². The summed E-state index contributed by atoms with van der Waals surface area (Å²) in [6.07, 6.45) is 0. The molecule has 0 aromatic heterocycles. The maximum absolute atomic E-state index is 13.0. The molecule has 3 N–H and O–H groups in total. The van der Waals surface area contributed by atoms with Gasteiger partial charge >= 0.3 is 0 Å². The Morgan fingerprint density at radius 2 is 1.67 bits per heavy atom. The monoisotopic (exact) mass is 323 g/mol. The number of rotatable bonds is 4. The highest BCUT2D eigenvalue weighted by atomic mass is 19.1. The number of benzene rings is 3. The number of nitrogens with two attached hydrogens (primary N) is 1. The van der Waals surface area contributed by atoms with Crippen molar-refractivity contribution in [1.82, 2.24) is 0 Å². The van der Waals surface area contributed by atoms with Crippen molar-refractivity contribution in [2.75, 3.05) is 11.1 Å². The van der Waals surface area contributed by atoms with Gasteiger partial charge < -0.3 is 11.1 Å². The van der Waals surface area contributed by atoms with Gasteiger partial charge in [0.1, 0.15) is 11.5 Å². The molecule has 0 saturated carbocycles. The highest BCUT2D eigenvalue weighted by Gasteiger charge is 2.15. The second-order valence-electron chi connectivity index (χ2n) is 5.25. The zero-order chi connectivity index (χ0) is 17.1. The summed E-state index contributed by atoms with van der Waals surface area (Å²) >= 11 is 0. The van der Waals surface area contributed by atoms with Crippen LogP contribution >= 0.6 is 0 Å². The van der Waals surface area contributed by atoms with E-state index in [2.05, 4.69) is 5.32 Å². The van der Waals surface area contributed by atoms with Crippen LogP contribution in [0.25, 0.3) is 11.1 Å². The zero-order valence-electron chi connectivity index (χ0n) is 12.6. The molecule has 3 aromatic rings. The fourth-order valence-electron chi connectivity index (χ4n) is 2.38. The first-order valence-corrected chi connectivity index (χ1v) is 7.20. The molecule has 0 fully saturated rings. The maximum Gasteiger partial charge on any atom is 0.293 e. The third-order valence-corrected chi connectivity index (χ3v) is 3.54. The lowest BCUT2D eigenvalue weighted by molar-refractivity contribution is -0.383. The molecule has 0 aliphatic heterocycles. The topological polar surface area (TPSA) is 81.2 Å². The Morgan fingerprint density at radius 3 is 2.33 bits per heavy atom. The Kier molecular flexibility index (Phi) is 4.11. The first-order chi connectivity index (χ1) is 11.5. The fraction of sp³-hybridized carbons (Fsp3) is 0. The van der Waals surface area contributed by atoms with Crippen molar-refractivity contribution < 1.29 is 9.31 Å². The van der Waals surface area contributed by atoms with Crippen LogP contribution in [-0.4, -0.2) is 4.92 Å². The van der Waals surface area contributed by atoms with Gasteiger partial charge in [-0.15, -0.1) is 0 Å². The lowest BCUT2D eigenvalue weighted by Crippen LogP contribution is -1.98. The third-order valence-electron chi connectivity index (χ3n) is 3.54. The average molecular weight is 323 g/mol. The molecule has 3 aromatic carbocycles. The van der Waals surface area contributed by atoms with Gasteiger partial charge in [0.25, 0.3) is 5.69 Å². The molecule has 0 aliphatic carbocycles. The molecule has 0 heterocycles. The molecule has 6 heteroatoms. The van der Waals surface area contributed by atoms with Gasteiger partial charge in [-0.25, -0.2) is 4.39 Å². The minimum absolute atomic E-state index is 0.0701. The maximum atomic E-state index is 13.0. The second kappa shape index (κ2) is 6.37. The molecule has 0 radical (unpaired) electrons. The molecule has 0 atom stereocenters. The first kappa shape index (κ1) is 15.5. The van der Waals surface area contributed by atoms with E-state index in [0.29, 0.717) is 28.2 Å². The lowest BCUT2D eigenvalue weighted by atomic mass is 10.0. The third kappa shape index (κ3) is 3.33. The molecule has 0 bridgehead atoms. The van der Waals surface area contributed by atoms with Crippen molar-refractivity contribution in [3.63, 3.8) is 0 Å². The smallest absolute Gasteiger partial charge is 0.293 e. The fourth-order valence-corrected chi connectivity index (χ4v) is 2.38. The number of hydrogen-bond donors (Lipinski definition) is 2. The van der Waals surface area contributed by atoms with Crippen molar-refractivity contribution in [3.8, 4) is 11.1 Å². The summed E-state index contributed by atoms with van der Waals surface area (Å²) in [7, 11) is 0. The molecule has 0 unspecified atom stereocenters. The highest BCUT2D eigenvalue weighted by molar-refractivity contribution is 5.77. The van der Waals surface area contributed by atoms with E-state index in [0.717, 1.165) is 0 Å². The molecule has 0 saturated heterocycles. The average Bonchev–Trinajstić information content (AvgIpc) is 2.56. The summed E-state index contributed by atoms with van der Waals surface area (Å²) in [5.74, 6) is -0.354. The summed E-state index contributed by atoms with van der Waals surface area (Å²) in [5, 5.41) is 14.4. The number of hydrogen-bond acceptors (Lipinski definition) is 4. The summed E-state index contributed by atoms with van der Waals surface area (Å²) in [6, 6.07) is 17.6. The van der Waals surface area contributed by atoms with Crippen LogP contribution in [0.5, 0.6) is 0 Å². The molecule has 3 rings (SSSR count). The predicted molar refractivity (Wildman–Crippen MR) is 92.6 cm³/mol. The van der Waals surface area contributed by atoms with Crippen LogP contribution < -0.4 is 11.1 Å². The van der Waals surface area contributed by atoms with Gasteiger partial charge in [0.2, 0.25) is 0 Å². The summed E-state index contributed by atoms with van der Waals surface area (Å²) < 4.78 is 13.0. The van der Waals surface area contributed by atoms with Gasteiger partial charge in [-0.1, -0.05) is 24.3 Å². The van der Waals surface area contributed by atoms with E-state index < -0.39 is 4.92 Å². The van der Waals surface area contributed by atoms with Crippen LogP contribution in [0, 0.1) is 15.9 Å². The van der Waals surface area contributed by atoms with E-state index in [-0.39, 0.29) is 11.5 Å². The predicted octanol–water partition coefficient (Wildman–Crippen LogP) is 4.73. The largest absolute Gasteiger partial charge is 0.399 e. The summed E-state index contributed by atoms with van der Waals surface area (Å²) in [4.78, 5) is 10.9. The summed E-state index contributed by atoms with van der Waals surface area (Å²) in [5.41, 5.74) is 8.57. The van der Waals surface area contributed by atoms with Gasteiger partial charge in [0.05, 0.1) is 4.92 Å². The van der Waals surface area contributed by atoms with E-state index in [1.54, 1.807) is 48.5 Å². The normalized spacial score (nSPS) is 10.4. The molecule has 5 nitrogen and oxygen atoms in total. The Hall–Kier alpha value is -3.41. The SMILES string of the molecule is Nc1cccc(Nc2ccc(-c3ccc(F)cc3)cc2[N+](=O)[O-])c1. The molecular weight excluding hydrogens is 309 g/mol. The van der Waals surface area contributed by atoms with Crippen molar-refractivity contribution >= 4 is 22.7 Å². The number of nitro groups is 1. The van der Waals surface area contributed by atoms with Gasteiger partial charge in [-0.3, -0.25) is 10.1 Å². The molecule has 120 valence electrons. The second-order valence-corrected chi connectivity index (χ2v) is 5.25. The van der Waals surface area contributed by atoms with Crippen molar-refractivity contribution in [1.29, 1.82) is 0 Å². The molecule has 24 heavy (non-hydrogen) atoms. The summed E-state index contributed by atoms with van der Waals surface area (Å²) in [6.45, 7) is 0. The molecular formula is C18H14FN3O2. The van der Waals surface area contributed by atoms with E-state index in [9.17, 15) is 14.5 Å². The van der Waals surface area contributed by atoms with Crippen LogP contribution in [-0.2, 0) is 0 Å². The number of nitrogens with one attached hydrogen (secondary N) is 1. The van der Waals surface area contributed by atoms with Crippen LogP contribution in [0.4, 0.5) is 27.1 Å². The van der Waals surface area contributed by atoms with Crippen LogP contribution in [0.1, 0.15) is 0 Å². The number of nitrogens with zero attached hydrogens (tertiary/aromatic N) is 1. The molecule has 0 aliphatic rings. The van der Waals surface area contributed by atoms with Gasteiger partial charge in [-0.05, 0) is 47.5 Å². The minimum atomic E-state index is -0.457. The van der Waals surface area contributed by atoms with Gasteiger partial charge in [0, 0.05) is 17.4 Å². The quantitative estimate of drug-likeness (QED) is 0.413. The number of nitrogen functional groups attached to an aromatic ring is 1. The van der Waals surface area contributed by atoms with Crippen LogP contribution in [0.2, 0.25) is 0 Å². The first-order valence-electron chi connectivity index (χ1n) is 7.20. The Balaban J connectivity index is 1.98. The van der Waals surface area contributed by atoms with Gasteiger partial charge in [0.15, 0.2) is 0 Å². The Morgan fingerprint density at radius 1 is 0.958 bits per heavy atom. The highest BCUT2D eigenvalue weighted by Crippen LogP contribution is 2.33. The van der Waals surface area contributed by atoms with Gasteiger partial charge in [-0.2, -0.15) is 0 Å². The van der Waals surface area contributed by atoms with Crippen molar-refractivity contribution in [2.45, 2.75) is 0 Å². The van der Waals surface area contributed by atoms with Crippen LogP contribution in [0.3, 0.4) is 0 Å². The van der Waals surface area contributed by atoms with E-state index in [1.165, 1.54) is 18.2 Å². The lowest BCUT2D eigenvalue weighted by Gasteiger charge is -2.09. The molecule has 0 spiro atoms.